The SMILES string of the molecule is O=C(/C=C\c1ccc(-c2ccc(C(F)(F)F)cc2[N+](=O)[O-])o1)c1ccccc1O. The summed E-state index contributed by atoms with van der Waals surface area (Å²) in [6.45, 7) is 0. The number of alkyl halides is 3. The standard InChI is InChI=1S/C20H12F3NO5/c21-20(22,23)12-5-8-14(16(11-12)24(27)28)19-10-7-13(29-19)6-9-18(26)15-3-1-2-4-17(15)25/h1-11,25H/b9-6-. The van der Waals surface area contributed by atoms with Crippen molar-refractivity contribution in [3.05, 3.63) is 87.7 Å². The molecule has 0 aliphatic carbocycles. The molecule has 0 aliphatic heterocycles. The third-order valence-corrected chi connectivity index (χ3v) is 3.98. The van der Waals surface area contributed by atoms with Gasteiger partial charge in [-0.15, -0.1) is 0 Å². The molecule has 1 N–H and O–H groups in total. The van der Waals surface area contributed by atoms with E-state index < -0.39 is 28.1 Å². The predicted octanol–water partition coefficient (Wildman–Crippen LogP) is 5.48. The van der Waals surface area contributed by atoms with E-state index in [0.717, 1.165) is 18.2 Å². The smallest absolute Gasteiger partial charge is 0.416 e. The molecule has 0 spiro atoms. The van der Waals surface area contributed by atoms with Gasteiger partial charge in [-0.3, -0.25) is 14.9 Å². The van der Waals surface area contributed by atoms with Crippen molar-refractivity contribution in [1.82, 2.24) is 0 Å². The molecule has 0 unspecified atom stereocenters. The molecule has 0 aliphatic rings. The molecule has 148 valence electrons. The van der Waals surface area contributed by atoms with Gasteiger partial charge in [0.25, 0.3) is 5.69 Å². The maximum atomic E-state index is 12.8. The molecule has 29 heavy (non-hydrogen) atoms. The van der Waals surface area contributed by atoms with E-state index in [1.807, 2.05) is 0 Å². The van der Waals surface area contributed by atoms with Gasteiger partial charge in [0.15, 0.2) is 5.78 Å². The highest BCUT2D eigenvalue weighted by Gasteiger charge is 2.33. The summed E-state index contributed by atoms with van der Waals surface area (Å²) in [6.07, 6.45) is -2.29. The van der Waals surface area contributed by atoms with Crippen molar-refractivity contribution < 1.29 is 32.4 Å². The second-order valence-corrected chi connectivity index (χ2v) is 5.90. The maximum Gasteiger partial charge on any atom is 0.416 e. The predicted molar refractivity (Wildman–Crippen MR) is 97.3 cm³/mol. The van der Waals surface area contributed by atoms with Crippen LogP contribution < -0.4 is 0 Å². The first-order valence-electron chi connectivity index (χ1n) is 8.13. The van der Waals surface area contributed by atoms with Gasteiger partial charge >= 0.3 is 6.18 Å². The zero-order valence-electron chi connectivity index (χ0n) is 14.5. The maximum absolute atomic E-state index is 12.8. The van der Waals surface area contributed by atoms with Crippen LogP contribution in [0.15, 0.2) is 65.1 Å². The quantitative estimate of drug-likeness (QED) is 0.264. The monoisotopic (exact) mass is 403 g/mol. The van der Waals surface area contributed by atoms with E-state index >= 15 is 0 Å². The van der Waals surface area contributed by atoms with Gasteiger partial charge in [0, 0.05) is 6.07 Å². The number of ketones is 1. The third kappa shape index (κ3) is 4.34. The van der Waals surface area contributed by atoms with Crippen molar-refractivity contribution >= 4 is 17.5 Å². The van der Waals surface area contributed by atoms with Crippen molar-refractivity contribution in [2.45, 2.75) is 6.18 Å². The number of phenolic OH excluding ortho intramolecular Hbond substituents is 1. The lowest BCUT2D eigenvalue weighted by atomic mass is 10.1. The Bertz CT molecular complexity index is 1120. The minimum atomic E-state index is -4.72. The Balaban J connectivity index is 1.89. The largest absolute Gasteiger partial charge is 0.507 e. The number of benzene rings is 2. The molecule has 1 heterocycles. The minimum Gasteiger partial charge on any atom is -0.507 e. The van der Waals surface area contributed by atoms with Crippen LogP contribution in [0.2, 0.25) is 0 Å². The summed E-state index contributed by atoms with van der Waals surface area (Å²) >= 11 is 0. The van der Waals surface area contributed by atoms with Crippen LogP contribution in [0.1, 0.15) is 21.7 Å². The van der Waals surface area contributed by atoms with Gasteiger partial charge in [0.05, 0.1) is 21.6 Å². The van der Waals surface area contributed by atoms with E-state index in [-0.39, 0.29) is 28.4 Å². The van der Waals surface area contributed by atoms with Gasteiger partial charge in [0.1, 0.15) is 17.3 Å². The summed E-state index contributed by atoms with van der Waals surface area (Å²) in [6, 6.07) is 10.8. The third-order valence-electron chi connectivity index (χ3n) is 3.98. The van der Waals surface area contributed by atoms with Gasteiger partial charge in [-0.25, -0.2) is 0 Å². The second-order valence-electron chi connectivity index (χ2n) is 5.90. The van der Waals surface area contributed by atoms with Crippen LogP contribution in [0, 0.1) is 10.1 Å². The summed E-state index contributed by atoms with van der Waals surface area (Å²) in [5.74, 6) is -0.567. The van der Waals surface area contributed by atoms with Gasteiger partial charge in [0.2, 0.25) is 0 Å². The summed E-state index contributed by atoms with van der Waals surface area (Å²) < 4.78 is 43.8. The summed E-state index contributed by atoms with van der Waals surface area (Å²) in [5.41, 5.74) is -1.95. The van der Waals surface area contributed by atoms with Gasteiger partial charge in [-0.2, -0.15) is 13.2 Å². The molecule has 9 heteroatoms. The highest BCUT2D eigenvalue weighted by atomic mass is 19.4. The van der Waals surface area contributed by atoms with Gasteiger partial charge < -0.3 is 9.52 Å². The molecule has 2 aromatic carbocycles. The molecular weight excluding hydrogens is 391 g/mol. The summed E-state index contributed by atoms with van der Waals surface area (Å²) in [7, 11) is 0. The highest BCUT2D eigenvalue weighted by molar-refractivity contribution is 6.08. The van der Waals surface area contributed by atoms with E-state index in [4.69, 9.17) is 4.42 Å². The number of carbonyl (C=O) groups is 1. The van der Waals surface area contributed by atoms with Crippen LogP contribution in [0.5, 0.6) is 5.75 Å². The van der Waals surface area contributed by atoms with Crippen LogP contribution in [0.3, 0.4) is 0 Å². The zero-order valence-corrected chi connectivity index (χ0v) is 14.5. The Morgan fingerprint density at radius 2 is 1.83 bits per heavy atom. The number of nitro benzene ring substituents is 1. The van der Waals surface area contributed by atoms with Crippen molar-refractivity contribution in [2.24, 2.45) is 0 Å². The van der Waals surface area contributed by atoms with Crippen LogP contribution >= 0.6 is 0 Å². The Hall–Kier alpha value is -3.88. The summed E-state index contributed by atoms with van der Waals surface area (Å²) in [5, 5.41) is 20.9. The molecule has 6 nitrogen and oxygen atoms in total. The Morgan fingerprint density at radius 1 is 1.10 bits per heavy atom. The average molecular weight is 403 g/mol. The van der Waals surface area contributed by atoms with Gasteiger partial charge in [-0.1, -0.05) is 12.1 Å². The van der Waals surface area contributed by atoms with E-state index in [2.05, 4.69) is 0 Å². The molecule has 1 aromatic heterocycles. The van der Waals surface area contributed by atoms with Crippen molar-refractivity contribution in [1.29, 1.82) is 0 Å². The van der Waals surface area contributed by atoms with Crippen LogP contribution in [0.4, 0.5) is 18.9 Å². The molecule has 3 rings (SSSR count). The van der Waals surface area contributed by atoms with Crippen LogP contribution in [-0.2, 0) is 6.18 Å². The topological polar surface area (TPSA) is 93.6 Å². The van der Waals surface area contributed by atoms with Gasteiger partial charge in [-0.05, 0) is 48.6 Å². The van der Waals surface area contributed by atoms with Crippen LogP contribution in [-0.4, -0.2) is 15.8 Å². The molecular formula is C20H12F3NO5. The number of phenols is 1. The molecule has 0 saturated heterocycles. The zero-order chi connectivity index (χ0) is 21.2. The Morgan fingerprint density at radius 3 is 2.48 bits per heavy atom. The number of hydrogen-bond acceptors (Lipinski definition) is 5. The second kappa shape index (κ2) is 7.63. The van der Waals surface area contributed by atoms with E-state index in [1.54, 1.807) is 12.1 Å². The lowest BCUT2D eigenvalue weighted by molar-refractivity contribution is -0.384. The Labute approximate surface area is 161 Å². The lowest BCUT2D eigenvalue weighted by Gasteiger charge is -2.07. The molecule has 0 atom stereocenters. The fourth-order valence-electron chi connectivity index (χ4n) is 2.58. The van der Waals surface area contributed by atoms with Crippen LogP contribution in [0.25, 0.3) is 17.4 Å². The first-order valence-corrected chi connectivity index (χ1v) is 8.13. The number of furan rings is 1. The number of para-hydroxylation sites is 1. The van der Waals surface area contributed by atoms with E-state index in [1.165, 1.54) is 30.3 Å². The van der Waals surface area contributed by atoms with Crippen molar-refractivity contribution in [2.75, 3.05) is 0 Å². The number of allylic oxidation sites excluding steroid dienone is 1. The normalized spacial score (nSPS) is 11.7. The lowest BCUT2D eigenvalue weighted by Crippen LogP contribution is -2.06. The molecule has 0 bridgehead atoms. The number of carbonyl (C=O) groups excluding carboxylic acids is 1. The first kappa shape index (κ1) is 19.9. The van der Waals surface area contributed by atoms with Crippen molar-refractivity contribution in [3.63, 3.8) is 0 Å². The molecule has 0 saturated carbocycles. The minimum absolute atomic E-state index is 0.0277. The number of nitrogens with zero attached hydrogens (tertiary/aromatic N) is 1. The molecule has 0 radical (unpaired) electrons. The van der Waals surface area contributed by atoms with Crippen molar-refractivity contribution in [3.8, 4) is 17.1 Å². The Kier molecular flexibility index (Phi) is 5.22. The molecule has 0 fully saturated rings. The first-order chi connectivity index (χ1) is 13.7. The number of aromatic hydroxyl groups is 1. The molecule has 3 aromatic rings. The average Bonchev–Trinajstić information content (AvgIpc) is 3.14. The summed E-state index contributed by atoms with van der Waals surface area (Å²) in [4.78, 5) is 22.4. The number of rotatable bonds is 5. The van der Waals surface area contributed by atoms with E-state index in [0.29, 0.717) is 6.07 Å². The number of hydrogen-bond donors (Lipinski definition) is 1. The number of halogens is 3. The fourth-order valence-corrected chi connectivity index (χ4v) is 2.58. The molecule has 0 amide bonds. The number of nitro groups is 1. The fraction of sp³-hybridized carbons (Fsp3) is 0.0500. The highest BCUT2D eigenvalue weighted by Crippen LogP contribution is 2.37. The van der Waals surface area contributed by atoms with E-state index in [9.17, 15) is 33.2 Å².